The molecule has 0 aromatic carbocycles. The highest BCUT2D eigenvalue weighted by Crippen LogP contribution is 2.31. The molecule has 0 bridgehead atoms. The number of nitrogens with one attached hydrogen (secondary N) is 1. The highest BCUT2D eigenvalue weighted by Gasteiger charge is 2.35. The molecule has 0 heterocycles. The fourth-order valence-corrected chi connectivity index (χ4v) is 2.34. The maximum absolute atomic E-state index is 11.7. The Morgan fingerprint density at radius 3 is 2.59 bits per heavy atom. The van der Waals surface area contributed by atoms with E-state index in [1.165, 1.54) is 0 Å². The van der Waals surface area contributed by atoms with Gasteiger partial charge in [-0.3, -0.25) is 4.79 Å². The molecular formula is C11H20N2O3S. The summed E-state index contributed by atoms with van der Waals surface area (Å²) in [6.45, 7) is 0. The summed E-state index contributed by atoms with van der Waals surface area (Å²) in [6.07, 6.45) is 5.34. The van der Waals surface area contributed by atoms with Gasteiger partial charge >= 0.3 is 5.97 Å². The molecule has 6 heteroatoms. The van der Waals surface area contributed by atoms with Crippen molar-refractivity contribution in [3.05, 3.63) is 0 Å². The minimum atomic E-state index is -0.980. The molecule has 1 fully saturated rings. The van der Waals surface area contributed by atoms with E-state index < -0.39 is 17.6 Å². The predicted octanol–water partition coefficient (Wildman–Crippen LogP) is 0.580. The van der Waals surface area contributed by atoms with Gasteiger partial charge in [0.25, 0.3) is 0 Å². The Balaban J connectivity index is 2.37. The number of amides is 1. The van der Waals surface area contributed by atoms with Gasteiger partial charge < -0.3 is 16.2 Å². The van der Waals surface area contributed by atoms with Crippen LogP contribution >= 0.6 is 11.8 Å². The molecule has 0 aliphatic heterocycles. The molecular weight excluding hydrogens is 240 g/mol. The van der Waals surface area contributed by atoms with Crippen LogP contribution in [0.3, 0.4) is 0 Å². The van der Waals surface area contributed by atoms with Crippen molar-refractivity contribution in [1.82, 2.24) is 5.32 Å². The van der Waals surface area contributed by atoms with E-state index in [0.717, 1.165) is 19.3 Å². The normalized spacial score (nSPS) is 19.2. The number of nitrogens with two attached hydrogens (primary N) is 1. The molecule has 5 nitrogen and oxygen atoms in total. The summed E-state index contributed by atoms with van der Waals surface area (Å²) in [5, 5.41) is 11.5. The van der Waals surface area contributed by atoms with Gasteiger partial charge in [0.15, 0.2) is 0 Å². The van der Waals surface area contributed by atoms with Crippen LogP contribution in [0.15, 0.2) is 0 Å². The zero-order valence-corrected chi connectivity index (χ0v) is 10.9. The minimum absolute atomic E-state index is 0.232. The molecule has 1 aliphatic carbocycles. The number of hydrogen-bond donors (Lipinski definition) is 3. The van der Waals surface area contributed by atoms with Crippen molar-refractivity contribution in [1.29, 1.82) is 0 Å². The first-order valence-corrected chi connectivity index (χ1v) is 7.16. The first-order chi connectivity index (χ1) is 7.97. The van der Waals surface area contributed by atoms with E-state index in [2.05, 4.69) is 5.32 Å². The third kappa shape index (κ3) is 4.55. The molecule has 4 N–H and O–H groups in total. The van der Waals surface area contributed by atoms with Crippen molar-refractivity contribution in [3.8, 4) is 0 Å². The van der Waals surface area contributed by atoms with Crippen molar-refractivity contribution in [2.75, 3.05) is 12.0 Å². The van der Waals surface area contributed by atoms with E-state index in [4.69, 9.17) is 10.8 Å². The lowest BCUT2D eigenvalue weighted by atomic mass is 9.75. The van der Waals surface area contributed by atoms with Gasteiger partial charge in [0.05, 0.1) is 0 Å². The van der Waals surface area contributed by atoms with Crippen LogP contribution in [0, 0.1) is 0 Å². The maximum Gasteiger partial charge on any atom is 0.326 e. The standard InChI is InChI=1S/C11H20N2O3S/c1-17-6-3-8(10(15)16)13-9(14)7-11(12)4-2-5-11/h8H,2-7,12H2,1H3,(H,13,14)(H,15,16). The number of carboxylic acids is 1. The highest BCUT2D eigenvalue weighted by atomic mass is 32.2. The van der Waals surface area contributed by atoms with Crippen molar-refractivity contribution in [3.63, 3.8) is 0 Å². The average Bonchev–Trinajstić information content (AvgIpc) is 2.21. The molecule has 0 radical (unpaired) electrons. The van der Waals surface area contributed by atoms with Crippen LogP contribution in [0.25, 0.3) is 0 Å². The van der Waals surface area contributed by atoms with Gasteiger partial charge in [-0.05, 0) is 37.7 Å². The monoisotopic (exact) mass is 260 g/mol. The summed E-state index contributed by atoms with van der Waals surface area (Å²) in [5.41, 5.74) is 5.55. The predicted molar refractivity (Wildman–Crippen MR) is 68.0 cm³/mol. The van der Waals surface area contributed by atoms with E-state index in [-0.39, 0.29) is 12.3 Å². The maximum atomic E-state index is 11.7. The van der Waals surface area contributed by atoms with Crippen LogP contribution in [0.1, 0.15) is 32.1 Å². The average molecular weight is 260 g/mol. The summed E-state index contributed by atoms with van der Waals surface area (Å²) in [5.74, 6) is -0.516. The number of rotatable bonds is 7. The van der Waals surface area contributed by atoms with Crippen LogP contribution < -0.4 is 11.1 Å². The largest absolute Gasteiger partial charge is 0.480 e. The molecule has 0 aromatic rings. The van der Waals surface area contributed by atoms with E-state index in [9.17, 15) is 9.59 Å². The van der Waals surface area contributed by atoms with Crippen LogP contribution in [0.4, 0.5) is 0 Å². The number of aliphatic carboxylic acids is 1. The SMILES string of the molecule is CSCCC(NC(=O)CC1(N)CCC1)C(=O)O. The van der Waals surface area contributed by atoms with Crippen LogP contribution in [0.2, 0.25) is 0 Å². The number of thioether (sulfide) groups is 1. The molecule has 1 saturated carbocycles. The lowest BCUT2D eigenvalue weighted by Crippen LogP contribution is -2.52. The summed E-state index contributed by atoms with van der Waals surface area (Å²) in [6, 6.07) is -0.793. The second kappa shape index (κ2) is 6.26. The van der Waals surface area contributed by atoms with Crippen molar-refractivity contribution >= 4 is 23.6 Å². The zero-order chi connectivity index (χ0) is 12.9. The molecule has 1 unspecified atom stereocenters. The number of carbonyl (C=O) groups excluding carboxylic acids is 1. The topological polar surface area (TPSA) is 92.4 Å². The van der Waals surface area contributed by atoms with E-state index in [1.807, 2.05) is 6.26 Å². The van der Waals surface area contributed by atoms with Crippen molar-refractivity contribution in [2.24, 2.45) is 5.73 Å². The molecule has 1 atom stereocenters. The summed E-state index contributed by atoms with van der Waals surface area (Å²) in [4.78, 5) is 22.6. The molecule has 0 spiro atoms. The summed E-state index contributed by atoms with van der Waals surface area (Å²) < 4.78 is 0. The second-order valence-corrected chi connectivity index (χ2v) is 5.62. The Kier molecular flexibility index (Phi) is 5.27. The van der Waals surface area contributed by atoms with Gasteiger partial charge in [0, 0.05) is 12.0 Å². The van der Waals surface area contributed by atoms with Gasteiger partial charge in [-0.2, -0.15) is 11.8 Å². The number of carbonyl (C=O) groups is 2. The minimum Gasteiger partial charge on any atom is -0.480 e. The quantitative estimate of drug-likeness (QED) is 0.622. The van der Waals surface area contributed by atoms with Crippen molar-refractivity contribution in [2.45, 2.75) is 43.7 Å². The first-order valence-electron chi connectivity index (χ1n) is 5.77. The summed E-state index contributed by atoms with van der Waals surface area (Å²) >= 11 is 1.56. The molecule has 1 aliphatic rings. The van der Waals surface area contributed by atoms with E-state index in [1.54, 1.807) is 11.8 Å². The zero-order valence-electron chi connectivity index (χ0n) is 10.1. The third-order valence-electron chi connectivity index (χ3n) is 3.11. The fraction of sp³-hybridized carbons (Fsp3) is 0.818. The van der Waals surface area contributed by atoms with Crippen LogP contribution in [0.5, 0.6) is 0 Å². The Morgan fingerprint density at radius 1 is 1.53 bits per heavy atom. The molecule has 1 rings (SSSR count). The lowest BCUT2D eigenvalue weighted by Gasteiger charge is -2.37. The fourth-order valence-electron chi connectivity index (χ4n) is 1.87. The molecule has 1 amide bonds. The van der Waals surface area contributed by atoms with Gasteiger partial charge in [-0.15, -0.1) is 0 Å². The Bertz CT molecular complexity index is 292. The van der Waals surface area contributed by atoms with Crippen LogP contribution in [-0.2, 0) is 9.59 Å². The number of carboxylic acid groups (broad SMARTS) is 1. The number of hydrogen-bond acceptors (Lipinski definition) is 4. The first kappa shape index (κ1) is 14.3. The van der Waals surface area contributed by atoms with Gasteiger partial charge in [-0.25, -0.2) is 4.79 Å². The third-order valence-corrected chi connectivity index (χ3v) is 3.75. The van der Waals surface area contributed by atoms with Gasteiger partial charge in [0.1, 0.15) is 6.04 Å². The van der Waals surface area contributed by atoms with E-state index >= 15 is 0 Å². The molecule has 0 saturated heterocycles. The van der Waals surface area contributed by atoms with Gasteiger partial charge in [0.2, 0.25) is 5.91 Å². The van der Waals surface area contributed by atoms with Crippen molar-refractivity contribution < 1.29 is 14.7 Å². The highest BCUT2D eigenvalue weighted by molar-refractivity contribution is 7.98. The molecule has 17 heavy (non-hydrogen) atoms. The smallest absolute Gasteiger partial charge is 0.326 e. The summed E-state index contributed by atoms with van der Waals surface area (Å²) in [7, 11) is 0. The Hall–Kier alpha value is -0.750. The second-order valence-electron chi connectivity index (χ2n) is 4.63. The molecule has 0 aromatic heterocycles. The Morgan fingerprint density at radius 2 is 2.18 bits per heavy atom. The van der Waals surface area contributed by atoms with Crippen LogP contribution in [-0.4, -0.2) is 40.6 Å². The van der Waals surface area contributed by atoms with Gasteiger partial charge in [-0.1, -0.05) is 0 Å². The van der Waals surface area contributed by atoms with E-state index in [0.29, 0.717) is 12.2 Å². The lowest BCUT2D eigenvalue weighted by molar-refractivity contribution is -0.142. The Labute approximate surface area is 106 Å². The molecule has 98 valence electrons.